The van der Waals surface area contributed by atoms with Gasteiger partial charge in [0.15, 0.2) is 18.1 Å². The Kier molecular flexibility index (Phi) is 5.68. The second kappa shape index (κ2) is 8.17. The fourth-order valence-corrected chi connectivity index (χ4v) is 3.22. The molecule has 0 spiro atoms. The number of rotatable bonds is 7. The van der Waals surface area contributed by atoms with Gasteiger partial charge < -0.3 is 18.8 Å². The van der Waals surface area contributed by atoms with E-state index in [1.165, 1.54) is 26.4 Å². The molecule has 0 aliphatic heterocycles. The van der Waals surface area contributed by atoms with Crippen molar-refractivity contribution in [1.82, 2.24) is 4.57 Å². The molecule has 0 amide bonds. The molecule has 3 aromatic rings. The van der Waals surface area contributed by atoms with Crippen LogP contribution in [0.5, 0.6) is 17.2 Å². The first-order chi connectivity index (χ1) is 13.5. The minimum absolute atomic E-state index is 0.142. The first kappa shape index (κ1) is 19.5. The van der Waals surface area contributed by atoms with Crippen molar-refractivity contribution in [2.24, 2.45) is 0 Å². The van der Waals surface area contributed by atoms with E-state index >= 15 is 0 Å². The summed E-state index contributed by atoms with van der Waals surface area (Å²) in [5, 5.41) is 0. The van der Waals surface area contributed by atoms with E-state index in [9.17, 15) is 9.18 Å². The van der Waals surface area contributed by atoms with Crippen molar-refractivity contribution >= 4 is 5.78 Å². The highest BCUT2D eigenvalue weighted by molar-refractivity contribution is 5.98. The molecule has 0 saturated heterocycles. The third kappa shape index (κ3) is 3.71. The van der Waals surface area contributed by atoms with Gasteiger partial charge in [-0.1, -0.05) is 6.07 Å². The minimum atomic E-state index is -0.303. The number of carbonyl (C=O) groups excluding carboxylic acids is 1. The van der Waals surface area contributed by atoms with Crippen molar-refractivity contribution in [3.8, 4) is 22.9 Å². The third-order valence-electron chi connectivity index (χ3n) is 4.54. The fourth-order valence-electron chi connectivity index (χ4n) is 3.22. The summed E-state index contributed by atoms with van der Waals surface area (Å²) < 4.78 is 31.4. The number of hydrogen-bond donors (Lipinski definition) is 0. The van der Waals surface area contributed by atoms with Gasteiger partial charge in [-0.05, 0) is 56.3 Å². The van der Waals surface area contributed by atoms with Gasteiger partial charge in [0.25, 0.3) is 0 Å². The summed E-state index contributed by atoms with van der Waals surface area (Å²) in [6, 6.07) is 13.2. The Morgan fingerprint density at radius 2 is 1.68 bits per heavy atom. The molecule has 0 aliphatic rings. The van der Waals surface area contributed by atoms with Crippen molar-refractivity contribution in [3.05, 3.63) is 71.3 Å². The van der Waals surface area contributed by atoms with Gasteiger partial charge >= 0.3 is 0 Å². The number of para-hydroxylation sites is 1. The molecule has 1 heterocycles. The minimum Gasteiger partial charge on any atom is -0.493 e. The number of hydrogen-bond acceptors (Lipinski definition) is 4. The molecule has 28 heavy (non-hydrogen) atoms. The summed E-state index contributed by atoms with van der Waals surface area (Å²) >= 11 is 0. The topological polar surface area (TPSA) is 49.7 Å². The number of aryl methyl sites for hydroxylation is 1. The van der Waals surface area contributed by atoms with Crippen LogP contribution in [0.4, 0.5) is 4.39 Å². The average molecular weight is 383 g/mol. The van der Waals surface area contributed by atoms with Gasteiger partial charge in [-0.2, -0.15) is 0 Å². The van der Waals surface area contributed by atoms with E-state index in [-0.39, 0.29) is 18.2 Å². The quantitative estimate of drug-likeness (QED) is 0.563. The molecule has 0 N–H and O–H groups in total. The standard InChI is InChI=1S/C22H22FNO4/c1-14-12-18(15(2)24(14)17-10-8-16(23)9-11-17)19(25)13-28-21-7-5-6-20(26-3)22(21)27-4/h5-12H,13H2,1-4H3. The third-order valence-corrected chi connectivity index (χ3v) is 4.54. The van der Waals surface area contributed by atoms with E-state index in [0.29, 0.717) is 22.8 Å². The molecule has 0 unspecified atom stereocenters. The van der Waals surface area contributed by atoms with Crippen LogP contribution in [-0.4, -0.2) is 31.2 Å². The van der Waals surface area contributed by atoms with Gasteiger partial charge in [-0.25, -0.2) is 4.39 Å². The normalized spacial score (nSPS) is 10.6. The number of benzene rings is 2. The highest BCUT2D eigenvalue weighted by Crippen LogP contribution is 2.36. The Morgan fingerprint density at radius 1 is 1.00 bits per heavy atom. The molecule has 0 atom stereocenters. The molecule has 0 aliphatic carbocycles. The second-order valence-corrected chi connectivity index (χ2v) is 6.30. The molecule has 0 radical (unpaired) electrons. The van der Waals surface area contributed by atoms with Crippen LogP contribution < -0.4 is 14.2 Å². The van der Waals surface area contributed by atoms with Crippen molar-refractivity contribution in [1.29, 1.82) is 0 Å². The summed E-state index contributed by atoms with van der Waals surface area (Å²) in [4.78, 5) is 12.8. The van der Waals surface area contributed by atoms with E-state index in [2.05, 4.69) is 0 Å². The second-order valence-electron chi connectivity index (χ2n) is 6.30. The van der Waals surface area contributed by atoms with Gasteiger partial charge in [-0.3, -0.25) is 4.79 Å². The molecular weight excluding hydrogens is 361 g/mol. The zero-order valence-corrected chi connectivity index (χ0v) is 16.3. The molecular formula is C22H22FNO4. The van der Waals surface area contributed by atoms with Gasteiger partial charge in [0.1, 0.15) is 5.82 Å². The van der Waals surface area contributed by atoms with Gasteiger partial charge in [0, 0.05) is 22.6 Å². The maximum absolute atomic E-state index is 13.2. The van der Waals surface area contributed by atoms with E-state index in [0.717, 1.165) is 17.1 Å². The van der Waals surface area contributed by atoms with Crippen LogP contribution >= 0.6 is 0 Å². The van der Waals surface area contributed by atoms with Crippen LogP contribution in [0.25, 0.3) is 5.69 Å². The predicted octanol–water partition coefficient (Wildman–Crippen LogP) is 4.51. The molecule has 1 aromatic heterocycles. The number of carbonyl (C=O) groups is 1. The number of nitrogens with zero attached hydrogens (tertiary/aromatic N) is 1. The molecule has 3 rings (SSSR count). The first-order valence-corrected chi connectivity index (χ1v) is 8.78. The lowest BCUT2D eigenvalue weighted by Gasteiger charge is -2.13. The Morgan fingerprint density at radius 3 is 2.32 bits per heavy atom. The highest BCUT2D eigenvalue weighted by atomic mass is 19.1. The van der Waals surface area contributed by atoms with Crippen molar-refractivity contribution in [2.45, 2.75) is 13.8 Å². The summed E-state index contributed by atoms with van der Waals surface area (Å²) in [5.74, 6) is 0.938. The van der Waals surface area contributed by atoms with Crippen LogP contribution in [0.1, 0.15) is 21.7 Å². The molecule has 6 heteroatoms. The van der Waals surface area contributed by atoms with E-state index in [1.807, 2.05) is 24.5 Å². The maximum Gasteiger partial charge on any atom is 0.203 e. The Bertz CT molecular complexity index is 993. The average Bonchev–Trinajstić information content (AvgIpc) is 3.00. The van der Waals surface area contributed by atoms with Gasteiger partial charge in [0.05, 0.1) is 14.2 Å². The summed E-state index contributed by atoms with van der Waals surface area (Å²) in [5.41, 5.74) is 3.01. The monoisotopic (exact) mass is 383 g/mol. The van der Waals surface area contributed by atoms with E-state index < -0.39 is 0 Å². The van der Waals surface area contributed by atoms with Crippen LogP contribution in [0.3, 0.4) is 0 Å². The molecule has 0 bridgehead atoms. The number of Topliss-reactive ketones (excluding diaryl/α,β-unsaturated/α-hetero) is 1. The van der Waals surface area contributed by atoms with Gasteiger partial charge in [-0.15, -0.1) is 0 Å². The van der Waals surface area contributed by atoms with Gasteiger partial charge in [0.2, 0.25) is 11.5 Å². The Hall–Kier alpha value is -3.28. The number of ketones is 1. The van der Waals surface area contributed by atoms with Crippen LogP contribution in [0.2, 0.25) is 0 Å². The molecule has 5 nitrogen and oxygen atoms in total. The van der Waals surface area contributed by atoms with Crippen LogP contribution in [-0.2, 0) is 0 Å². The largest absolute Gasteiger partial charge is 0.493 e. The Balaban J connectivity index is 1.83. The van der Waals surface area contributed by atoms with E-state index in [1.54, 1.807) is 30.3 Å². The lowest BCUT2D eigenvalue weighted by atomic mass is 10.1. The van der Waals surface area contributed by atoms with Crippen molar-refractivity contribution < 1.29 is 23.4 Å². The SMILES string of the molecule is COc1cccc(OCC(=O)c2cc(C)n(-c3ccc(F)cc3)c2C)c1OC. The van der Waals surface area contributed by atoms with Crippen molar-refractivity contribution in [3.63, 3.8) is 0 Å². The zero-order chi connectivity index (χ0) is 20.3. The number of ether oxygens (including phenoxy) is 3. The smallest absolute Gasteiger partial charge is 0.203 e. The zero-order valence-electron chi connectivity index (χ0n) is 16.3. The maximum atomic E-state index is 13.2. The fraction of sp³-hybridized carbons (Fsp3) is 0.227. The lowest BCUT2D eigenvalue weighted by Crippen LogP contribution is -2.13. The molecule has 2 aromatic carbocycles. The number of aromatic nitrogens is 1. The predicted molar refractivity (Wildman–Crippen MR) is 105 cm³/mol. The summed E-state index contributed by atoms with van der Waals surface area (Å²) in [6.07, 6.45) is 0. The molecule has 0 fully saturated rings. The molecule has 0 saturated carbocycles. The van der Waals surface area contributed by atoms with E-state index in [4.69, 9.17) is 14.2 Å². The first-order valence-electron chi connectivity index (χ1n) is 8.78. The summed E-state index contributed by atoms with van der Waals surface area (Å²) in [7, 11) is 3.06. The lowest BCUT2D eigenvalue weighted by molar-refractivity contribution is 0.0918. The highest BCUT2D eigenvalue weighted by Gasteiger charge is 2.19. The number of methoxy groups -OCH3 is 2. The molecule has 146 valence electrons. The van der Waals surface area contributed by atoms with Crippen LogP contribution in [0.15, 0.2) is 48.5 Å². The van der Waals surface area contributed by atoms with Crippen molar-refractivity contribution in [2.75, 3.05) is 20.8 Å². The Labute approximate surface area is 163 Å². The number of halogens is 1. The summed E-state index contributed by atoms with van der Waals surface area (Å²) in [6.45, 7) is 3.62. The van der Waals surface area contributed by atoms with Crippen LogP contribution in [0, 0.1) is 19.7 Å².